The Morgan fingerprint density at radius 1 is 1.11 bits per heavy atom. The molecule has 3 aromatic carbocycles. The summed E-state index contributed by atoms with van der Waals surface area (Å²) in [4.78, 5) is 15.4. The summed E-state index contributed by atoms with van der Waals surface area (Å²) in [6.45, 7) is 4.26. The van der Waals surface area contributed by atoms with Gasteiger partial charge in [0.2, 0.25) is 0 Å². The van der Waals surface area contributed by atoms with E-state index in [9.17, 15) is 14.4 Å². The van der Waals surface area contributed by atoms with Crippen LogP contribution in [0, 0.1) is 31.0 Å². The maximum atomic E-state index is 13.5. The van der Waals surface area contributed by atoms with Crippen LogP contribution in [0.4, 0.5) is 10.1 Å². The number of nitrogens with zero attached hydrogens (tertiary/aromatic N) is 2. The number of ether oxygens (including phenoxy) is 1. The maximum absolute atomic E-state index is 13.5. The van der Waals surface area contributed by atoms with Crippen molar-refractivity contribution < 1.29 is 13.9 Å². The molecule has 1 unspecified atom stereocenters. The Kier molecular flexibility index (Phi) is 7.09. The molecule has 0 spiro atoms. The van der Waals surface area contributed by atoms with Gasteiger partial charge in [-0.15, -0.1) is 0 Å². The number of benzene rings is 3. The molecule has 1 aliphatic heterocycles. The summed E-state index contributed by atoms with van der Waals surface area (Å²) < 4.78 is 20.1. The number of Topliss-reactive ketones (excluding diaryl/α,β-unsaturated/α-hetero) is 1. The van der Waals surface area contributed by atoms with E-state index >= 15 is 0 Å². The van der Waals surface area contributed by atoms with Gasteiger partial charge in [0.05, 0.1) is 17.6 Å². The Labute approximate surface area is 230 Å². The molecule has 38 heavy (non-hydrogen) atoms. The Balaban J connectivity index is 1.62. The predicted octanol–water partition coefficient (Wildman–Crippen LogP) is 7.09. The molecule has 0 fully saturated rings. The zero-order chi connectivity index (χ0) is 27.0. The number of rotatable bonds is 5. The lowest BCUT2D eigenvalue weighted by atomic mass is 9.74. The van der Waals surface area contributed by atoms with Crippen molar-refractivity contribution in [2.75, 3.05) is 4.90 Å². The van der Waals surface area contributed by atoms with Crippen LogP contribution < -0.4 is 15.4 Å². The minimum Gasteiger partial charge on any atom is -0.489 e. The van der Waals surface area contributed by atoms with Crippen molar-refractivity contribution in [1.82, 2.24) is 0 Å². The van der Waals surface area contributed by atoms with Crippen molar-refractivity contribution in [1.29, 1.82) is 5.26 Å². The average Bonchev–Trinajstić information content (AvgIpc) is 2.89. The van der Waals surface area contributed by atoms with Crippen molar-refractivity contribution in [3.8, 4) is 11.8 Å². The number of nitrogens with two attached hydrogens (primary N) is 1. The first-order valence-electron chi connectivity index (χ1n) is 12.5. The quantitative estimate of drug-likeness (QED) is 0.353. The van der Waals surface area contributed by atoms with Crippen LogP contribution >= 0.6 is 15.9 Å². The molecule has 7 heteroatoms. The second kappa shape index (κ2) is 10.5. The molecule has 192 valence electrons. The highest BCUT2D eigenvalue weighted by Gasteiger charge is 2.41. The lowest BCUT2D eigenvalue weighted by Crippen LogP contribution is -2.39. The molecule has 0 amide bonds. The van der Waals surface area contributed by atoms with Gasteiger partial charge in [-0.25, -0.2) is 4.39 Å². The first kappa shape index (κ1) is 25.7. The van der Waals surface area contributed by atoms with Crippen molar-refractivity contribution >= 4 is 27.4 Å². The Bertz CT molecular complexity index is 1540. The van der Waals surface area contributed by atoms with Crippen LogP contribution in [0.5, 0.6) is 5.75 Å². The second-order valence-corrected chi connectivity index (χ2v) is 10.6. The number of carbonyl (C=O) groups excluding carboxylic acids is 1. The third-order valence-corrected chi connectivity index (χ3v) is 7.72. The molecular formula is C31H27BrFN3O2. The van der Waals surface area contributed by atoms with E-state index in [1.54, 1.807) is 12.1 Å². The fourth-order valence-electron chi connectivity index (χ4n) is 5.38. The van der Waals surface area contributed by atoms with Crippen LogP contribution in [0.15, 0.2) is 87.8 Å². The van der Waals surface area contributed by atoms with Crippen LogP contribution in [-0.4, -0.2) is 5.78 Å². The van der Waals surface area contributed by atoms with Gasteiger partial charge in [-0.05, 0) is 91.4 Å². The summed E-state index contributed by atoms with van der Waals surface area (Å²) in [6, 6.07) is 20.0. The van der Waals surface area contributed by atoms with Gasteiger partial charge in [0.15, 0.2) is 5.78 Å². The maximum Gasteiger partial charge on any atom is 0.161 e. The number of hydrogen-bond donors (Lipinski definition) is 1. The number of allylic oxidation sites excluding steroid dienone is 3. The number of nitriles is 1. The highest BCUT2D eigenvalue weighted by Crippen LogP contribution is 2.47. The number of anilines is 1. The molecule has 5 nitrogen and oxygen atoms in total. The minimum absolute atomic E-state index is 0.0422. The standard InChI is InChI=1S/C31H27BrFN3O2/c1-18-13-19(2)25(14-20(18)17-38-24-11-9-22(33)10-12-24)29-26(16-34)31(35)36(23-6-3-5-21(32)15-23)27-7-4-8-28(37)30(27)29/h3,5-6,9-15,29H,4,7-8,17,35H2,1-2H3. The number of halogens is 2. The van der Waals surface area contributed by atoms with Crippen LogP contribution in [-0.2, 0) is 11.4 Å². The molecule has 1 atom stereocenters. The molecule has 0 saturated carbocycles. The summed E-state index contributed by atoms with van der Waals surface area (Å²) in [5.41, 5.74) is 13.2. The van der Waals surface area contributed by atoms with E-state index in [0.717, 1.165) is 44.5 Å². The number of aryl methyl sites for hydroxylation is 2. The summed E-state index contributed by atoms with van der Waals surface area (Å²) >= 11 is 3.53. The van der Waals surface area contributed by atoms with E-state index in [1.165, 1.54) is 12.1 Å². The average molecular weight is 572 g/mol. The van der Waals surface area contributed by atoms with Crippen LogP contribution in [0.2, 0.25) is 0 Å². The first-order chi connectivity index (χ1) is 18.3. The Hall–Kier alpha value is -3.89. The van der Waals surface area contributed by atoms with Gasteiger partial charge in [0, 0.05) is 27.9 Å². The monoisotopic (exact) mass is 571 g/mol. The van der Waals surface area contributed by atoms with E-state index in [2.05, 4.69) is 28.1 Å². The molecule has 0 radical (unpaired) electrons. The zero-order valence-electron chi connectivity index (χ0n) is 21.2. The first-order valence-corrected chi connectivity index (χ1v) is 13.3. The van der Waals surface area contributed by atoms with Crippen molar-refractivity contribution in [3.63, 3.8) is 0 Å². The van der Waals surface area contributed by atoms with Crippen molar-refractivity contribution in [2.24, 2.45) is 5.73 Å². The Morgan fingerprint density at radius 2 is 1.87 bits per heavy atom. The number of carbonyl (C=O) groups is 1. The zero-order valence-corrected chi connectivity index (χ0v) is 22.8. The predicted molar refractivity (Wildman–Crippen MR) is 149 cm³/mol. The highest BCUT2D eigenvalue weighted by atomic mass is 79.9. The van der Waals surface area contributed by atoms with Gasteiger partial charge in [-0.3, -0.25) is 9.69 Å². The van der Waals surface area contributed by atoms with Crippen molar-refractivity contribution in [2.45, 2.75) is 45.6 Å². The highest BCUT2D eigenvalue weighted by molar-refractivity contribution is 9.10. The number of ketones is 1. The van der Waals surface area contributed by atoms with E-state index in [4.69, 9.17) is 10.5 Å². The van der Waals surface area contributed by atoms with E-state index < -0.39 is 5.92 Å². The summed E-state index contributed by atoms with van der Waals surface area (Å²) in [5, 5.41) is 10.4. The fourth-order valence-corrected chi connectivity index (χ4v) is 5.77. The summed E-state index contributed by atoms with van der Waals surface area (Å²) in [6.07, 6.45) is 1.86. The summed E-state index contributed by atoms with van der Waals surface area (Å²) in [7, 11) is 0. The summed E-state index contributed by atoms with van der Waals surface area (Å²) in [5.74, 6) is 0.0599. The largest absolute Gasteiger partial charge is 0.489 e. The van der Waals surface area contributed by atoms with Gasteiger partial charge in [-0.2, -0.15) is 5.26 Å². The number of hydrogen-bond acceptors (Lipinski definition) is 5. The molecule has 1 aliphatic carbocycles. The molecule has 0 saturated heterocycles. The third kappa shape index (κ3) is 4.72. The SMILES string of the molecule is Cc1cc(C)c(C2C(C#N)=C(N)N(c3cccc(Br)c3)C3=C2C(=O)CCC3)cc1COc1ccc(F)cc1. The van der Waals surface area contributed by atoms with E-state index in [-0.39, 0.29) is 18.2 Å². The van der Waals surface area contributed by atoms with Gasteiger partial charge >= 0.3 is 0 Å². The molecule has 1 heterocycles. The molecule has 2 N–H and O–H groups in total. The van der Waals surface area contributed by atoms with Crippen LogP contribution in [0.25, 0.3) is 0 Å². The normalized spacial score (nSPS) is 17.4. The van der Waals surface area contributed by atoms with Gasteiger partial charge in [-0.1, -0.05) is 34.1 Å². The Morgan fingerprint density at radius 3 is 2.58 bits per heavy atom. The minimum atomic E-state index is -0.559. The lowest BCUT2D eigenvalue weighted by molar-refractivity contribution is -0.116. The smallest absolute Gasteiger partial charge is 0.161 e. The topological polar surface area (TPSA) is 79.4 Å². The van der Waals surface area contributed by atoms with Crippen molar-refractivity contribution in [3.05, 3.63) is 116 Å². The van der Waals surface area contributed by atoms with Gasteiger partial charge in [0.25, 0.3) is 0 Å². The fraction of sp³-hybridized carbons (Fsp3) is 0.226. The molecule has 3 aromatic rings. The molecule has 0 aromatic heterocycles. The molecule has 0 bridgehead atoms. The van der Waals surface area contributed by atoms with Crippen LogP contribution in [0.3, 0.4) is 0 Å². The van der Waals surface area contributed by atoms with E-state index in [0.29, 0.717) is 35.6 Å². The van der Waals surface area contributed by atoms with Crippen LogP contribution in [0.1, 0.15) is 47.4 Å². The second-order valence-electron chi connectivity index (χ2n) is 9.67. The molecule has 5 rings (SSSR count). The molecule has 2 aliphatic rings. The van der Waals surface area contributed by atoms with Gasteiger partial charge < -0.3 is 10.5 Å². The molecular weight excluding hydrogens is 545 g/mol. The lowest BCUT2D eigenvalue weighted by Gasteiger charge is -2.40. The van der Waals surface area contributed by atoms with E-state index in [1.807, 2.05) is 49.1 Å². The van der Waals surface area contributed by atoms with Gasteiger partial charge in [0.1, 0.15) is 24.0 Å². The third-order valence-electron chi connectivity index (χ3n) is 7.22.